The predicted octanol–water partition coefficient (Wildman–Crippen LogP) is 4.60. The smallest absolute Gasteiger partial charge is 0.274 e. The van der Waals surface area contributed by atoms with E-state index in [0.29, 0.717) is 17.1 Å². The maximum atomic E-state index is 12.6. The van der Waals surface area contributed by atoms with Crippen LogP contribution in [0.2, 0.25) is 0 Å². The van der Waals surface area contributed by atoms with Crippen LogP contribution < -0.4 is 16.1 Å². The Hall–Kier alpha value is -4.30. The zero-order valence-corrected chi connectivity index (χ0v) is 19.1. The van der Waals surface area contributed by atoms with Gasteiger partial charge in [0.05, 0.1) is 11.9 Å². The van der Waals surface area contributed by atoms with Gasteiger partial charge in [-0.3, -0.25) is 14.8 Å². The van der Waals surface area contributed by atoms with Crippen LogP contribution in [0.5, 0.6) is 0 Å². The van der Waals surface area contributed by atoms with E-state index in [9.17, 15) is 9.59 Å². The van der Waals surface area contributed by atoms with Crippen molar-refractivity contribution in [2.24, 2.45) is 0 Å². The maximum Gasteiger partial charge on any atom is 0.274 e. The van der Waals surface area contributed by atoms with Crippen LogP contribution in [-0.4, -0.2) is 27.0 Å². The molecule has 0 saturated carbocycles. The van der Waals surface area contributed by atoms with Crippen molar-refractivity contribution in [1.29, 1.82) is 0 Å². The van der Waals surface area contributed by atoms with Crippen molar-refractivity contribution >= 4 is 39.9 Å². The van der Waals surface area contributed by atoms with Crippen molar-refractivity contribution in [2.45, 2.75) is 27.2 Å². The second kappa shape index (κ2) is 9.68. The number of amides is 2. The predicted molar refractivity (Wildman–Crippen MR) is 132 cm³/mol. The number of rotatable bonds is 6. The molecule has 0 unspecified atom stereocenters. The van der Waals surface area contributed by atoms with Gasteiger partial charge < -0.3 is 10.6 Å². The van der Waals surface area contributed by atoms with Crippen LogP contribution in [-0.2, 0) is 11.2 Å². The average molecular weight is 456 g/mol. The van der Waals surface area contributed by atoms with Crippen LogP contribution in [0, 0.1) is 20.8 Å². The number of carbonyl (C=O) groups is 2. The number of nitrogens with one attached hydrogen (secondary N) is 3. The van der Waals surface area contributed by atoms with Gasteiger partial charge in [-0.15, -0.1) is 0 Å². The summed E-state index contributed by atoms with van der Waals surface area (Å²) in [5.74, 6) is -0.140. The molecule has 0 aliphatic heterocycles. The number of nitrogens with zero attached hydrogens (tertiary/aromatic N) is 2. The lowest BCUT2D eigenvalue weighted by Crippen LogP contribution is -2.18. The van der Waals surface area contributed by atoms with Crippen molar-refractivity contribution in [1.82, 2.24) is 15.4 Å². The molecule has 0 saturated heterocycles. The van der Waals surface area contributed by atoms with Crippen LogP contribution in [0.25, 0.3) is 10.9 Å². The van der Waals surface area contributed by atoms with Crippen LogP contribution in [0.15, 0.2) is 60.9 Å². The molecule has 0 radical (unpaired) electrons. The number of benzene rings is 3. The summed E-state index contributed by atoms with van der Waals surface area (Å²) in [5, 5.41) is 15.8. The normalized spacial score (nSPS) is 10.7. The number of anilines is 3. The second-order valence-electron chi connectivity index (χ2n) is 8.22. The summed E-state index contributed by atoms with van der Waals surface area (Å²) in [7, 11) is 0. The Morgan fingerprint density at radius 2 is 1.62 bits per heavy atom. The molecule has 0 aliphatic rings. The van der Waals surface area contributed by atoms with Crippen molar-refractivity contribution < 1.29 is 14.8 Å². The first kappa shape index (κ1) is 22.9. The number of fused-ring (bicyclic) bond motifs is 1. The minimum Gasteiger partial charge on any atom is -0.339 e. The van der Waals surface area contributed by atoms with Gasteiger partial charge in [0, 0.05) is 22.3 Å². The zero-order chi connectivity index (χ0) is 24.2. The molecule has 0 bridgehead atoms. The molecule has 34 heavy (non-hydrogen) atoms. The van der Waals surface area contributed by atoms with Gasteiger partial charge in [0.1, 0.15) is 12.1 Å². The summed E-state index contributed by atoms with van der Waals surface area (Å²) in [6, 6.07) is 16.2. The van der Waals surface area contributed by atoms with E-state index in [1.54, 1.807) is 35.8 Å². The van der Waals surface area contributed by atoms with Crippen molar-refractivity contribution in [3.8, 4) is 0 Å². The van der Waals surface area contributed by atoms with E-state index < -0.39 is 5.91 Å². The molecular formula is C26H25N5O3. The fourth-order valence-electron chi connectivity index (χ4n) is 3.96. The maximum absolute atomic E-state index is 12.6. The first-order valence-electron chi connectivity index (χ1n) is 10.8. The molecular weight excluding hydrogens is 430 g/mol. The third-order valence-corrected chi connectivity index (χ3v) is 5.52. The van der Waals surface area contributed by atoms with Crippen molar-refractivity contribution in [3.05, 3.63) is 88.7 Å². The molecule has 4 N–H and O–H groups in total. The van der Waals surface area contributed by atoms with Crippen LogP contribution in [0.4, 0.5) is 17.2 Å². The Labute approximate surface area is 197 Å². The molecule has 0 fully saturated rings. The molecule has 172 valence electrons. The first-order chi connectivity index (χ1) is 16.3. The lowest BCUT2D eigenvalue weighted by molar-refractivity contribution is -0.115. The Kier molecular flexibility index (Phi) is 6.51. The molecule has 1 heterocycles. The Balaban J connectivity index is 1.54. The van der Waals surface area contributed by atoms with E-state index in [1.807, 2.05) is 12.1 Å². The summed E-state index contributed by atoms with van der Waals surface area (Å²) in [6.45, 7) is 6.18. The van der Waals surface area contributed by atoms with E-state index in [-0.39, 0.29) is 12.3 Å². The summed E-state index contributed by atoms with van der Waals surface area (Å²) in [4.78, 5) is 32.8. The van der Waals surface area contributed by atoms with Gasteiger partial charge in [-0.05, 0) is 67.8 Å². The number of aromatic nitrogens is 2. The standard InChI is InChI=1S/C26H25N5O3/c1-15-10-16(2)24(17(3)11-15)30-25-21-13-20(8-9-22(21)27-14-28-25)29-23(32)12-18-4-6-19(7-5-18)26(33)31-34/h4-11,13-14,34H,12H2,1-3H3,(H,29,32)(H,31,33)(H,27,28,30). The minimum absolute atomic E-state index is 0.136. The molecule has 4 rings (SSSR count). The van der Waals surface area contributed by atoms with Crippen LogP contribution >= 0.6 is 0 Å². The monoisotopic (exact) mass is 455 g/mol. The van der Waals surface area contributed by atoms with E-state index >= 15 is 0 Å². The highest BCUT2D eigenvalue weighted by molar-refractivity contribution is 5.98. The van der Waals surface area contributed by atoms with E-state index in [1.165, 1.54) is 11.9 Å². The molecule has 3 aromatic carbocycles. The van der Waals surface area contributed by atoms with Gasteiger partial charge in [-0.2, -0.15) is 0 Å². The molecule has 1 aromatic heterocycles. The third kappa shape index (κ3) is 5.02. The number of aryl methyl sites for hydroxylation is 3. The third-order valence-electron chi connectivity index (χ3n) is 5.52. The van der Waals surface area contributed by atoms with Crippen molar-refractivity contribution in [2.75, 3.05) is 10.6 Å². The highest BCUT2D eigenvalue weighted by atomic mass is 16.5. The fourth-order valence-corrected chi connectivity index (χ4v) is 3.96. The first-order valence-corrected chi connectivity index (χ1v) is 10.8. The summed E-state index contributed by atoms with van der Waals surface area (Å²) < 4.78 is 0. The molecule has 0 aliphatic carbocycles. The van der Waals surface area contributed by atoms with Gasteiger partial charge in [-0.1, -0.05) is 29.8 Å². The largest absolute Gasteiger partial charge is 0.339 e. The Bertz CT molecular complexity index is 1360. The van der Waals surface area contributed by atoms with Crippen LogP contribution in [0.3, 0.4) is 0 Å². The van der Waals surface area contributed by atoms with Crippen LogP contribution in [0.1, 0.15) is 32.6 Å². The second-order valence-corrected chi connectivity index (χ2v) is 8.22. The number of hydrogen-bond acceptors (Lipinski definition) is 6. The van der Waals surface area contributed by atoms with Crippen molar-refractivity contribution in [3.63, 3.8) is 0 Å². The number of hydrogen-bond donors (Lipinski definition) is 4. The molecule has 4 aromatic rings. The van der Waals surface area contributed by atoms with Gasteiger partial charge >= 0.3 is 0 Å². The Morgan fingerprint density at radius 3 is 2.29 bits per heavy atom. The topological polar surface area (TPSA) is 116 Å². The highest BCUT2D eigenvalue weighted by Gasteiger charge is 2.11. The van der Waals surface area contributed by atoms with E-state index in [2.05, 4.69) is 53.5 Å². The van der Waals surface area contributed by atoms with Gasteiger partial charge in [0.15, 0.2) is 0 Å². The van der Waals surface area contributed by atoms with E-state index in [0.717, 1.165) is 33.3 Å². The number of hydroxylamine groups is 1. The summed E-state index contributed by atoms with van der Waals surface area (Å²) >= 11 is 0. The number of carbonyl (C=O) groups excluding carboxylic acids is 2. The fraction of sp³-hybridized carbons (Fsp3) is 0.154. The van der Waals surface area contributed by atoms with Gasteiger partial charge in [0.25, 0.3) is 5.91 Å². The molecule has 8 heteroatoms. The molecule has 2 amide bonds. The molecule has 8 nitrogen and oxygen atoms in total. The lowest BCUT2D eigenvalue weighted by atomic mass is 10.0. The van der Waals surface area contributed by atoms with Gasteiger partial charge in [-0.25, -0.2) is 15.4 Å². The summed E-state index contributed by atoms with van der Waals surface area (Å²) in [6.07, 6.45) is 1.65. The van der Waals surface area contributed by atoms with E-state index in [4.69, 9.17) is 5.21 Å². The molecule has 0 spiro atoms. The summed E-state index contributed by atoms with van der Waals surface area (Å²) in [5.41, 5.74) is 8.46. The average Bonchev–Trinajstić information content (AvgIpc) is 2.81. The minimum atomic E-state index is -0.602. The highest BCUT2D eigenvalue weighted by Crippen LogP contribution is 2.29. The molecule has 0 atom stereocenters. The SMILES string of the molecule is Cc1cc(C)c(Nc2ncnc3ccc(NC(=O)Cc4ccc(C(=O)NO)cc4)cc23)c(C)c1. The lowest BCUT2D eigenvalue weighted by Gasteiger charge is -2.15. The quantitative estimate of drug-likeness (QED) is 0.249. The Morgan fingerprint density at radius 1 is 0.912 bits per heavy atom. The zero-order valence-electron chi connectivity index (χ0n) is 19.1. The van der Waals surface area contributed by atoms with Gasteiger partial charge in [0.2, 0.25) is 5.91 Å².